The molecular formula is C13H20BrNS. The Morgan fingerprint density at radius 1 is 1.25 bits per heavy atom. The molecule has 0 saturated carbocycles. The lowest BCUT2D eigenvalue weighted by atomic mass is 10.2. The first-order valence-electron chi connectivity index (χ1n) is 5.88. The van der Waals surface area contributed by atoms with Gasteiger partial charge >= 0.3 is 0 Å². The second kappa shape index (κ2) is 8.15. The zero-order chi connectivity index (χ0) is 11.8. The van der Waals surface area contributed by atoms with Gasteiger partial charge < -0.3 is 5.32 Å². The summed E-state index contributed by atoms with van der Waals surface area (Å²) in [6.45, 7) is 5.56. The summed E-state index contributed by atoms with van der Waals surface area (Å²) < 4.78 is 1.20. The van der Waals surface area contributed by atoms with E-state index in [-0.39, 0.29) is 0 Å². The molecule has 1 N–H and O–H groups in total. The smallest absolute Gasteiger partial charge is 0.0311 e. The van der Waals surface area contributed by atoms with Gasteiger partial charge in [0.05, 0.1) is 0 Å². The summed E-state index contributed by atoms with van der Waals surface area (Å²) in [5.74, 6) is 1.12. The Morgan fingerprint density at radius 2 is 1.94 bits per heavy atom. The maximum atomic E-state index is 3.57. The summed E-state index contributed by atoms with van der Waals surface area (Å²) in [5.41, 5.74) is 0. The summed E-state index contributed by atoms with van der Waals surface area (Å²) in [5, 5.41) is 3.57. The molecule has 1 aromatic carbocycles. The van der Waals surface area contributed by atoms with Crippen molar-refractivity contribution in [3.8, 4) is 0 Å². The molecule has 0 bridgehead atoms. The molecule has 0 saturated heterocycles. The van der Waals surface area contributed by atoms with Crippen molar-refractivity contribution < 1.29 is 0 Å². The van der Waals surface area contributed by atoms with Crippen molar-refractivity contribution in [1.82, 2.24) is 5.32 Å². The molecule has 0 amide bonds. The van der Waals surface area contributed by atoms with Gasteiger partial charge in [0, 0.05) is 27.7 Å². The van der Waals surface area contributed by atoms with E-state index in [1.165, 1.54) is 22.2 Å². The lowest BCUT2D eigenvalue weighted by Crippen LogP contribution is -2.29. The predicted molar refractivity (Wildman–Crippen MR) is 77.2 cm³/mol. The van der Waals surface area contributed by atoms with Gasteiger partial charge in [-0.05, 0) is 40.9 Å². The molecule has 0 radical (unpaired) electrons. The van der Waals surface area contributed by atoms with E-state index in [9.17, 15) is 0 Å². The number of benzene rings is 1. The summed E-state index contributed by atoms with van der Waals surface area (Å²) >= 11 is 5.46. The largest absolute Gasteiger partial charge is 0.313 e. The van der Waals surface area contributed by atoms with Crippen LogP contribution in [0.1, 0.15) is 26.7 Å². The monoisotopic (exact) mass is 301 g/mol. The average molecular weight is 302 g/mol. The minimum atomic E-state index is 0.680. The van der Waals surface area contributed by atoms with Crippen molar-refractivity contribution in [1.29, 1.82) is 0 Å². The van der Waals surface area contributed by atoms with E-state index in [1.807, 2.05) is 11.8 Å². The van der Waals surface area contributed by atoms with E-state index < -0.39 is 0 Å². The topological polar surface area (TPSA) is 12.0 Å². The maximum Gasteiger partial charge on any atom is 0.0311 e. The quantitative estimate of drug-likeness (QED) is 0.594. The van der Waals surface area contributed by atoms with E-state index in [4.69, 9.17) is 0 Å². The zero-order valence-corrected chi connectivity index (χ0v) is 12.4. The summed E-state index contributed by atoms with van der Waals surface area (Å²) in [6.07, 6.45) is 2.44. The van der Waals surface area contributed by atoms with Crippen LogP contribution in [0, 0.1) is 0 Å². The Bertz CT molecular complexity index is 300. The minimum Gasteiger partial charge on any atom is -0.313 e. The molecule has 1 nitrogen and oxygen atoms in total. The fourth-order valence-electron chi connectivity index (χ4n) is 1.56. The number of hydrogen-bond acceptors (Lipinski definition) is 2. The molecule has 0 aliphatic heterocycles. The highest BCUT2D eigenvalue weighted by Gasteiger charge is 2.02. The van der Waals surface area contributed by atoms with E-state index in [0.717, 1.165) is 12.3 Å². The van der Waals surface area contributed by atoms with Crippen LogP contribution in [0.3, 0.4) is 0 Å². The highest BCUT2D eigenvalue weighted by Crippen LogP contribution is 2.26. The number of nitrogens with one attached hydrogen (secondary N) is 1. The third-order valence-corrected chi connectivity index (χ3v) is 4.64. The highest BCUT2D eigenvalue weighted by molar-refractivity contribution is 9.10. The van der Waals surface area contributed by atoms with Crippen LogP contribution in [0.5, 0.6) is 0 Å². The van der Waals surface area contributed by atoms with Crippen molar-refractivity contribution in [3.63, 3.8) is 0 Å². The molecule has 1 rings (SSSR count). The average Bonchev–Trinajstić information content (AvgIpc) is 2.31. The first-order chi connectivity index (χ1) is 7.77. The SMILES string of the molecule is CCC(CC)NCCSc1ccccc1Br. The van der Waals surface area contributed by atoms with E-state index >= 15 is 0 Å². The second-order valence-corrected chi connectivity index (χ2v) is 5.74. The zero-order valence-electron chi connectivity index (χ0n) is 10.0. The summed E-state index contributed by atoms with van der Waals surface area (Å²) in [7, 11) is 0. The van der Waals surface area contributed by atoms with Crippen molar-refractivity contribution in [2.24, 2.45) is 0 Å². The molecule has 0 aromatic heterocycles. The Morgan fingerprint density at radius 3 is 2.56 bits per heavy atom. The Kier molecular flexibility index (Phi) is 7.17. The van der Waals surface area contributed by atoms with Crippen LogP contribution in [0.25, 0.3) is 0 Å². The van der Waals surface area contributed by atoms with Crippen LogP contribution in [-0.2, 0) is 0 Å². The Hall–Kier alpha value is 0.01000. The molecule has 90 valence electrons. The van der Waals surface area contributed by atoms with Crippen LogP contribution < -0.4 is 5.32 Å². The van der Waals surface area contributed by atoms with Gasteiger partial charge in [0.1, 0.15) is 0 Å². The molecule has 0 fully saturated rings. The predicted octanol–water partition coefficient (Wildman–Crippen LogP) is 4.32. The molecule has 0 spiro atoms. The maximum absolute atomic E-state index is 3.57. The molecule has 0 unspecified atom stereocenters. The van der Waals surface area contributed by atoms with Gasteiger partial charge in [-0.15, -0.1) is 11.8 Å². The minimum absolute atomic E-state index is 0.680. The lowest BCUT2D eigenvalue weighted by molar-refractivity contribution is 0.501. The summed E-state index contributed by atoms with van der Waals surface area (Å²) in [6, 6.07) is 9.07. The Balaban J connectivity index is 2.23. The summed E-state index contributed by atoms with van der Waals surface area (Å²) in [4.78, 5) is 1.33. The molecule has 3 heteroatoms. The fourth-order valence-corrected chi connectivity index (χ4v) is 3.01. The first-order valence-corrected chi connectivity index (χ1v) is 7.66. The molecule has 1 aromatic rings. The first kappa shape index (κ1) is 14.1. The van der Waals surface area contributed by atoms with Gasteiger partial charge in [0.15, 0.2) is 0 Å². The number of thioether (sulfide) groups is 1. The second-order valence-electron chi connectivity index (χ2n) is 3.75. The van der Waals surface area contributed by atoms with Crippen molar-refractivity contribution in [2.45, 2.75) is 37.6 Å². The van der Waals surface area contributed by atoms with Crippen LogP contribution >= 0.6 is 27.7 Å². The van der Waals surface area contributed by atoms with Gasteiger partial charge in [-0.3, -0.25) is 0 Å². The van der Waals surface area contributed by atoms with Gasteiger partial charge in [0.2, 0.25) is 0 Å². The standard InChI is InChI=1S/C13H20BrNS/c1-3-11(4-2)15-9-10-16-13-8-6-5-7-12(13)14/h5-8,11,15H,3-4,9-10H2,1-2H3. The van der Waals surface area contributed by atoms with E-state index in [1.54, 1.807) is 0 Å². The molecule has 0 atom stereocenters. The highest BCUT2D eigenvalue weighted by atomic mass is 79.9. The number of rotatable bonds is 7. The van der Waals surface area contributed by atoms with Crippen LogP contribution in [0.15, 0.2) is 33.6 Å². The molecule has 0 aliphatic rings. The van der Waals surface area contributed by atoms with E-state index in [0.29, 0.717) is 6.04 Å². The third kappa shape index (κ3) is 4.89. The molecular weight excluding hydrogens is 282 g/mol. The van der Waals surface area contributed by atoms with Crippen LogP contribution in [-0.4, -0.2) is 18.3 Å². The van der Waals surface area contributed by atoms with Crippen LogP contribution in [0.4, 0.5) is 0 Å². The fraction of sp³-hybridized carbons (Fsp3) is 0.538. The molecule has 0 aliphatic carbocycles. The van der Waals surface area contributed by atoms with Gasteiger partial charge in [-0.2, -0.15) is 0 Å². The Labute approximate surface area is 112 Å². The third-order valence-electron chi connectivity index (χ3n) is 2.61. The van der Waals surface area contributed by atoms with Gasteiger partial charge in [0.25, 0.3) is 0 Å². The van der Waals surface area contributed by atoms with Gasteiger partial charge in [-0.1, -0.05) is 26.0 Å². The van der Waals surface area contributed by atoms with Crippen molar-refractivity contribution in [3.05, 3.63) is 28.7 Å². The van der Waals surface area contributed by atoms with E-state index in [2.05, 4.69) is 59.4 Å². The molecule has 0 heterocycles. The van der Waals surface area contributed by atoms with Crippen molar-refractivity contribution >= 4 is 27.7 Å². The normalized spacial score (nSPS) is 11.0. The number of hydrogen-bond donors (Lipinski definition) is 1. The molecule has 16 heavy (non-hydrogen) atoms. The van der Waals surface area contributed by atoms with Gasteiger partial charge in [-0.25, -0.2) is 0 Å². The van der Waals surface area contributed by atoms with Crippen molar-refractivity contribution in [2.75, 3.05) is 12.3 Å². The number of halogens is 1. The van der Waals surface area contributed by atoms with Crippen LogP contribution in [0.2, 0.25) is 0 Å². The lowest BCUT2D eigenvalue weighted by Gasteiger charge is -2.14.